The molecule has 2 aromatic rings. The zero-order valence-corrected chi connectivity index (χ0v) is 9.15. The van der Waals surface area contributed by atoms with Gasteiger partial charge in [0, 0.05) is 6.07 Å². The summed E-state index contributed by atoms with van der Waals surface area (Å²) in [5.74, 6) is -1.09. The maximum atomic E-state index is 13.4. The summed E-state index contributed by atoms with van der Waals surface area (Å²) in [6.07, 6.45) is 0.644. The maximum absolute atomic E-state index is 13.4. The fourth-order valence-electron chi connectivity index (χ4n) is 1.34. The molecule has 0 fully saturated rings. The summed E-state index contributed by atoms with van der Waals surface area (Å²) in [5.41, 5.74) is 5.77. The summed E-state index contributed by atoms with van der Waals surface area (Å²) >= 11 is 0. The Morgan fingerprint density at radius 2 is 2.18 bits per heavy atom. The van der Waals surface area contributed by atoms with E-state index in [1.807, 2.05) is 6.92 Å². The predicted molar refractivity (Wildman–Crippen MR) is 56.9 cm³/mol. The molecule has 90 valence electrons. The highest BCUT2D eigenvalue weighted by atomic mass is 19.1. The highest BCUT2D eigenvalue weighted by Gasteiger charge is 2.16. The van der Waals surface area contributed by atoms with Crippen LogP contribution >= 0.6 is 0 Å². The highest BCUT2D eigenvalue weighted by molar-refractivity contribution is 5.53. The molecule has 1 unspecified atom stereocenters. The molecule has 0 spiro atoms. The van der Waals surface area contributed by atoms with Crippen molar-refractivity contribution in [2.45, 2.75) is 19.4 Å². The van der Waals surface area contributed by atoms with Gasteiger partial charge in [-0.05, 0) is 18.6 Å². The number of halogens is 2. The second kappa shape index (κ2) is 4.58. The maximum Gasteiger partial charge on any atom is 0.260 e. The summed E-state index contributed by atoms with van der Waals surface area (Å²) in [6, 6.07) is 2.79. The van der Waals surface area contributed by atoms with E-state index < -0.39 is 11.6 Å². The van der Waals surface area contributed by atoms with Crippen LogP contribution in [0, 0.1) is 11.6 Å². The monoisotopic (exact) mass is 239 g/mol. The minimum Gasteiger partial charge on any atom is -0.334 e. The van der Waals surface area contributed by atoms with Crippen LogP contribution in [-0.2, 0) is 0 Å². The van der Waals surface area contributed by atoms with Crippen molar-refractivity contribution in [2.75, 3.05) is 0 Å². The largest absolute Gasteiger partial charge is 0.334 e. The Kier molecular flexibility index (Phi) is 3.14. The number of nitrogens with two attached hydrogens (primary N) is 1. The molecule has 17 heavy (non-hydrogen) atoms. The summed E-state index contributed by atoms with van der Waals surface area (Å²) in [7, 11) is 0. The Morgan fingerprint density at radius 3 is 2.82 bits per heavy atom. The molecule has 0 radical (unpaired) electrons. The van der Waals surface area contributed by atoms with E-state index in [9.17, 15) is 8.78 Å². The van der Waals surface area contributed by atoms with Crippen molar-refractivity contribution in [2.24, 2.45) is 5.73 Å². The molecule has 6 heteroatoms. The van der Waals surface area contributed by atoms with Crippen molar-refractivity contribution >= 4 is 0 Å². The van der Waals surface area contributed by atoms with Crippen LogP contribution in [0.25, 0.3) is 11.5 Å². The lowest BCUT2D eigenvalue weighted by atomic mass is 10.2. The number of rotatable bonds is 3. The Labute approximate surface area is 96.4 Å². The molecule has 0 amide bonds. The van der Waals surface area contributed by atoms with Crippen LogP contribution in [0.3, 0.4) is 0 Å². The summed E-state index contributed by atoms with van der Waals surface area (Å²) in [4.78, 5) is 3.98. The molecule has 0 aliphatic carbocycles. The third kappa shape index (κ3) is 2.31. The van der Waals surface area contributed by atoms with E-state index in [4.69, 9.17) is 10.3 Å². The van der Waals surface area contributed by atoms with Crippen LogP contribution in [0.5, 0.6) is 0 Å². The lowest BCUT2D eigenvalue weighted by molar-refractivity contribution is 0.413. The zero-order chi connectivity index (χ0) is 12.4. The SMILES string of the molecule is CCC(N)c1noc(-c2ccc(F)cc2F)n1. The van der Waals surface area contributed by atoms with E-state index in [0.29, 0.717) is 12.2 Å². The van der Waals surface area contributed by atoms with Gasteiger partial charge in [-0.2, -0.15) is 4.98 Å². The van der Waals surface area contributed by atoms with E-state index in [1.54, 1.807) is 0 Å². The van der Waals surface area contributed by atoms with Gasteiger partial charge in [0.2, 0.25) is 0 Å². The Hall–Kier alpha value is -1.82. The van der Waals surface area contributed by atoms with Crippen molar-refractivity contribution in [1.29, 1.82) is 0 Å². The fourth-order valence-corrected chi connectivity index (χ4v) is 1.34. The molecule has 0 bridgehead atoms. The van der Waals surface area contributed by atoms with Gasteiger partial charge < -0.3 is 10.3 Å². The quantitative estimate of drug-likeness (QED) is 0.893. The standard InChI is InChI=1S/C11H11F2N3O/c1-2-9(14)10-15-11(17-16-10)7-4-3-6(12)5-8(7)13/h3-5,9H,2,14H2,1H3. The number of nitrogens with zero attached hydrogens (tertiary/aromatic N) is 2. The average molecular weight is 239 g/mol. The molecule has 1 aromatic carbocycles. The summed E-state index contributed by atoms with van der Waals surface area (Å²) in [6.45, 7) is 1.87. The summed E-state index contributed by atoms with van der Waals surface area (Å²) < 4.78 is 31.0. The minimum atomic E-state index is -0.745. The van der Waals surface area contributed by atoms with E-state index in [2.05, 4.69) is 10.1 Å². The molecule has 2 N–H and O–H groups in total. The van der Waals surface area contributed by atoms with E-state index in [1.165, 1.54) is 6.07 Å². The Balaban J connectivity index is 2.37. The van der Waals surface area contributed by atoms with E-state index in [-0.39, 0.29) is 17.5 Å². The van der Waals surface area contributed by atoms with Crippen LogP contribution in [0.4, 0.5) is 8.78 Å². The van der Waals surface area contributed by atoms with Crippen LogP contribution in [-0.4, -0.2) is 10.1 Å². The first kappa shape index (κ1) is 11.7. The molecule has 1 aromatic heterocycles. The molecule has 2 rings (SSSR count). The number of benzene rings is 1. The second-order valence-corrected chi connectivity index (χ2v) is 3.60. The van der Waals surface area contributed by atoms with Crippen LogP contribution in [0.2, 0.25) is 0 Å². The van der Waals surface area contributed by atoms with Crippen molar-refractivity contribution in [1.82, 2.24) is 10.1 Å². The fraction of sp³-hybridized carbons (Fsp3) is 0.273. The highest BCUT2D eigenvalue weighted by Crippen LogP contribution is 2.23. The first-order valence-electron chi connectivity index (χ1n) is 5.16. The molecule has 0 saturated carbocycles. The Bertz CT molecular complexity index is 527. The van der Waals surface area contributed by atoms with Gasteiger partial charge in [0.15, 0.2) is 5.82 Å². The lowest BCUT2D eigenvalue weighted by Gasteiger charge is -1.99. The topological polar surface area (TPSA) is 64.9 Å². The van der Waals surface area contributed by atoms with Crippen LogP contribution in [0.1, 0.15) is 25.2 Å². The van der Waals surface area contributed by atoms with Gasteiger partial charge in [-0.25, -0.2) is 8.78 Å². The average Bonchev–Trinajstić information content (AvgIpc) is 2.77. The number of hydrogen-bond acceptors (Lipinski definition) is 4. The molecular weight excluding hydrogens is 228 g/mol. The molecule has 0 aliphatic heterocycles. The van der Waals surface area contributed by atoms with Crippen LogP contribution < -0.4 is 5.73 Å². The zero-order valence-electron chi connectivity index (χ0n) is 9.15. The smallest absolute Gasteiger partial charge is 0.260 e. The number of aromatic nitrogens is 2. The van der Waals surface area contributed by atoms with Gasteiger partial charge >= 0.3 is 0 Å². The van der Waals surface area contributed by atoms with Crippen LogP contribution in [0.15, 0.2) is 22.7 Å². The molecule has 1 atom stereocenters. The predicted octanol–water partition coefficient (Wildman–Crippen LogP) is 2.42. The Morgan fingerprint density at radius 1 is 1.41 bits per heavy atom. The van der Waals surface area contributed by atoms with Crippen molar-refractivity contribution in [3.63, 3.8) is 0 Å². The van der Waals surface area contributed by atoms with Gasteiger partial charge in [0.1, 0.15) is 11.6 Å². The second-order valence-electron chi connectivity index (χ2n) is 3.60. The van der Waals surface area contributed by atoms with Gasteiger partial charge in [-0.1, -0.05) is 12.1 Å². The van der Waals surface area contributed by atoms with Gasteiger partial charge in [-0.3, -0.25) is 0 Å². The third-order valence-electron chi connectivity index (χ3n) is 2.37. The summed E-state index contributed by atoms with van der Waals surface area (Å²) in [5, 5.41) is 3.66. The molecule has 1 heterocycles. The van der Waals surface area contributed by atoms with Gasteiger partial charge in [0.25, 0.3) is 5.89 Å². The van der Waals surface area contributed by atoms with Crippen molar-refractivity contribution in [3.05, 3.63) is 35.7 Å². The van der Waals surface area contributed by atoms with Gasteiger partial charge in [0.05, 0.1) is 11.6 Å². The first-order valence-corrected chi connectivity index (χ1v) is 5.16. The first-order chi connectivity index (χ1) is 8.11. The molecule has 0 saturated heterocycles. The van der Waals surface area contributed by atoms with E-state index >= 15 is 0 Å². The lowest BCUT2D eigenvalue weighted by Crippen LogP contribution is -2.10. The minimum absolute atomic E-state index is 0.00130. The third-order valence-corrected chi connectivity index (χ3v) is 2.37. The molecular formula is C11H11F2N3O. The number of hydrogen-bond donors (Lipinski definition) is 1. The molecule has 0 aliphatic rings. The normalized spacial score (nSPS) is 12.7. The van der Waals surface area contributed by atoms with E-state index in [0.717, 1.165) is 12.1 Å². The molecule has 4 nitrogen and oxygen atoms in total. The van der Waals surface area contributed by atoms with Gasteiger partial charge in [-0.15, -0.1) is 0 Å². The van der Waals surface area contributed by atoms with Crippen molar-refractivity contribution < 1.29 is 13.3 Å². The van der Waals surface area contributed by atoms with Crippen molar-refractivity contribution in [3.8, 4) is 11.5 Å².